The van der Waals surface area contributed by atoms with Gasteiger partial charge in [-0.1, -0.05) is 31.5 Å². The van der Waals surface area contributed by atoms with E-state index in [0.717, 1.165) is 16.9 Å². The summed E-state index contributed by atoms with van der Waals surface area (Å²) in [6.45, 7) is 8.28. The van der Waals surface area contributed by atoms with Crippen LogP contribution in [0.3, 0.4) is 0 Å². The monoisotopic (exact) mass is 308 g/mol. The lowest BCUT2D eigenvalue weighted by molar-refractivity contribution is 0.116. The highest BCUT2D eigenvalue weighted by Gasteiger charge is 2.15. The number of carbonyl (C=O) groups is 1. The van der Waals surface area contributed by atoms with Crippen molar-refractivity contribution in [3.05, 3.63) is 29.3 Å². The van der Waals surface area contributed by atoms with Gasteiger partial charge in [-0.2, -0.15) is 0 Å². The van der Waals surface area contributed by atoms with Crippen molar-refractivity contribution in [1.82, 2.24) is 10.6 Å². The van der Waals surface area contributed by atoms with E-state index in [0.29, 0.717) is 13.0 Å². The zero-order chi connectivity index (χ0) is 16.7. The summed E-state index contributed by atoms with van der Waals surface area (Å²) in [5.41, 5.74) is 2.06. The minimum Gasteiger partial charge on any atom is -0.496 e. The largest absolute Gasteiger partial charge is 0.496 e. The molecule has 0 heterocycles. The summed E-state index contributed by atoms with van der Waals surface area (Å²) < 4.78 is 5.34. The molecule has 0 fully saturated rings. The predicted molar refractivity (Wildman–Crippen MR) is 88.1 cm³/mol. The highest BCUT2D eigenvalue weighted by molar-refractivity contribution is 5.74. The first-order chi connectivity index (χ1) is 10.3. The van der Waals surface area contributed by atoms with Crippen molar-refractivity contribution in [2.24, 2.45) is 5.92 Å². The molecule has 2 amide bonds. The van der Waals surface area contributed by atoms with Crippen molar-refractivity contribution in [1.29, 1.82) is 0 Å². The van der Waals surface area contributed by atoms with Crippen LogP contribution in [0.5, 0.6) is 5.75 Å². The number of hydrogen-bond acceptors (Lipinski definition) is 3. The number of benzene rings is 1. The molecule has 1 aromatic rings. The molecule has 5 heteroatoms. The van der Waals surface area contributed by atoms with Crippen LogP contribution in [0.4, 0.5) is 4.79 Å². The zero-order valence-electron chi connectivity index (χ0n) is 14.1. The van der Waals surface area contributed by atoms with Gasteiger partial charge in [-0.3, -0.25) is 0 Å². The quantitative estimate of drug-likeness (QED) is 0.725. The Morgan fingerprint density at radius 3 is 2.59 bits per heavy atom. The predicted octanol–water partition coefficient (Wildman–Crippen LogP) is 2.77. The number of aliphatic hydroxyl groups is 1. The van der Waals surface area contributed by atoms with Crippen molar-refractivity contribution >= 4 is 6.03 Å². The summed E-state index contributed by atoms with van der Waals surface area (Å²) in [4.78, 5) is 11.9. The van der Waals surface area contributed by atoms with E-state index in [1.54, 1.807) is 7.11 Å². The van der Waals surface area contributed by atoms with Crippen molar-refractivity contribution in [2.75, 3.05) is 13.7 Å². The Hall–Kier alpha value is -1.75. The topological polar surface area (TPSA) is 70.6 Å². The summed E-state index contributed by atoms with van der Waals surface area (Å²) in [5.74, 6) is 0.953. The van der Waals surface area contributed by atoms with Gasteiger partial charge in [0.15, 0.2) is 0 Å². The van der Waals surface area contributed by atoms with E-state index in [1.165, 1.54) is 0 Å². The number of amides is 2. The zero-order valence-corrected chi connectivity index (χ0v) is 14.1. The number of aryl methyl sites for hydroxylation is 1. The molecule has 0 spiro atoms. The van der Waals surface area contributed by atoms with Crippen LogP contribution in [0.1, 0.15) is 44.4 Å². The number of rotatable bonds is 7. The van der Waals surface area contributed by atoms with Gasteiger partial charge in [0.05, 0.1) is 19.3 Å². The summed E-state index contributed by atoms with van der Waals surface area (Å²) in [6.07, 6.45) is 0.155. The summed E-state index contributed by atoms with van der Waals surface area (Å²) in [7, 11) is 1.62. The van der Waals surface area contributed by atoms with Gasteiger partial charge in [0, 0.05) is 12.1 Å². The number of nitrogens with one attached hydrogen (secondary N) is 2. The summed E-state index contributed by atoms with van der Waals surface area (Å²) >= 11 is 0. The third kappa shape index (κ3) is 5.56. The minimum absolute atomic E-state index is 0.162. The average Bonchev–Trinajstić information content (AvgIpc) is 2.46. The Labute approximate surface area is 133 Å². The first-order valence-corrected chi connectivity index (χ1v) is 7.72. The molecular formula is C17H28N2O3. The smallest absolute Gasteiger partial charge is 0.315 e. The number of hydrogen-bond donors (Lipinski definition) is 3. The minimum atomic E-state index is -0.394. The van der Waals surface area contributed by atoms with Crippen molar-refractivity contribution in [2.45, 2.75) is 46.3 Å². The lowest BCUT2D eigenvalue weighted by Gasteiger charge is -2.19. The first-order valence-electron chi connectivity index (χ1n) is 7.72. The Balaban J connectivity index is 2.52. The van der Waals surface area contributed by atoms with Gasteiger partial charge in [0.25, 0.3) is 0 Å². The first kappa shape index (κ1) is 18.3. The molecule has 22 heavy (non-hydrogen) atoms. The number of carbonyl (C=O) groups excluding carboxylic acids is 1. The van der Waals surface area contributed by atoms with Gasteiger partial charge in [-0.15, -0.1) is 0 Å². The fourth-order valence-electron chi connectivity index (χ4n) is 2.18. The SMILES string of the molecule is COc1ccc(C)cc1C(C)NC(=O)NCCC(O)C(C)C. The second kappa shape index (κ2) is 8.63. The molecule has 1 aromatic carbocycles. The third-order valence-corrected chi connectivity index (χ3v) is 3.69. The van der Waals surface area contributed by atoms with E-state index in [1.807, 2.05) is 45.9 Å². The maximum absolute atomic E-state index is 11.9. The van der Waals surface area contributed by atoms with Crippen LogP contribution in [0, 0.1) is 12.8 Å². The highest BCUT2D eigenvalue weighted by Crippen LogP contribution is 2.25. The van der Waals surface area contributed by atoms with Crippen LogP contribution in [0.25, 0.3) is 0 Å². The Bertz CT molecular complexity index is 489. The van der Waals surface area contributed by atoms with E-state index in [-0.39, 0.29) is 18.0 Å². The molecule has 3 N–H and O–H groups in total. The number of urea groups is 1. The molecule has 0 aromatic heterocycles. The maximum atomic E-state index is 11.9. The molecule has 0 radical (unpaired) electrons. The van der Waals surface area contributed by atoms with E-state index >= 15 is 0 Å². The fourth-order valence-corrected chi connectivity index (χ4v) is 2.18. The number of ether oxygens (including phenoxy) is 1. The van der Waals surface area contributed by atoms with Crippen LogP contribution in [0.15, 0.2) is 18.2 Å². The van der Waals surface area contributed by atoms with Crippen LogP contribution in [-0.4, -0.2) is 30.9 Å². The van der Waals surface area contributed by atoms with Gasteiger partial charge in [0.1, 0.15) is 5.75 Å². The van der Waals surface area contributed by atoms with Crippen LogP contribution < -0.4 is 15.4 Å². The number of methoxy groups -OCH3 is 1. The standard InChI is InChI=1S/C17H28N2O3/c1-11(2)15(20)8-9-18-17(21)19-13(4)14-10-12(3)6-7-16(14)22-5/h6-7,10-11,13,15,20H,8-9H2,1-5H3,(H2,18,19,21). The van der Waals surface area contributed by atoms with Crippen LogP contribution in [-0.2, 0) is 0 Å². The lowest BCUT2D eigenvalue weighted by atomic mass is 10.0. The van der Waals surface area contributed by atoms with Crippen molar-refractivity contribution in [3.8, 4) is 5.75 Å². The molecule has 0 saturated carbocycles. The van der Waals surface area contributed by atoms with Crippen molar-refractivity contribution < 1.29 is 14.6 Å². The van der Waals surface area contributed by atoms with Gasteiger partial charge >= 0.3 is 6.03 Å². The molecule has 0 aliphatic carbocycles. The molecule has 0 bridgehead atoms. The van der Waals surface area contributed by atoms with Gasteiger partial charge in [0.2, 0.25) is 0 Å². The maximum Gasteiger partial charge on any atom is 0.315 e. The molecule has 0 aliphatic heterocycles. The normalized spacial score (nSPS) is 13.6. The molecule has 0 aliphatic rings. The van der Waals surface area contributed by atoms with E-state index in [9.17, 15) is 9.90 Å². The van der Waals surface area contributed by atoms with E-state index in [4.69, 9.17) is 4.74 Å². The van der Waals surface area contributed by atoms with Gasteiger partial charge in [-0.05, 0) is 32.3 Å². The van der Waals surface area contributed by atoms with Crippen LogP contribution in [0.2, 0.25) is 0 Å². The fraction of sp³-hybridized carbons (Fsp3) is 0.588. The molecule has 124 valence electrons. The molecular weight excluding hydrogens is 280 g/mol. The Morgan fingerprint density at radius 1 is 1.32 bits per heavy atom. The third-order valence-electron chi connectivity index (χ3n) is 3.69. The van der Waals surface area contributed by atoms with Crippen LogP contribution >= 0.6 is 0 Å². The summed E-state index contributed by atoms with van der Waals surface area (Å²) in [6, 6.07) is 5.48. The Morgan fingerprint density at radius 2 is 2.00 bits per heavy atom. The molecule has 2 unspecified atom stereocenters. The lowest BCUT2D eigenvalue weighted by Crippen LogP contribution is -2.38. The molecule has 1 rings (SSSR count). The molecule has 5 nitrogen and oxygen atoms in total. The van der Waals surface area contributed by atoms with Gasteiger partial charge < -0.3 is 20.5 Å². The second-order valence-electron chi connectivity index (χ2n) is 5.97. The average molecular weight is 308 g/mol. The summed E-state index contributed by atoms with van der Waals surface area (Å²) in [5, 5.41) is 15.4. The number of aliphatic hydroxyl groups excluding tert-OH is 1. The van der Waals surface area contributed by atoms with E-state index < -0.39 is 6.10 Å². The van der Waals surface area contributed by atoms with E-state index in [2.05, 4.69) is 10.6 Å². The van der Waals surface area contributed by atoms with Crippen molar-refractivity contribution in [3.63, 3.8) is 0 Å². The Kier molecular flexibility index (Phi) is 7.18. The van der Waals surface area contributed by atoms with Gasteiger partial charge in [-0.25, -0.2) is 4.79 Å². The highest BCUT2D eigenvalue weighted by atomic mass is 16.5. The second-order valence-corrected chi connectivity index (χ2v) is 5.97. The molecule has 0 saturated heterocycles. The molecule has 2 atom stereocenters.